The largest absolute Gasteiger partial charge is 0.504 e. The number of nitrogens with one attached hydrogen (secondary N) is 1. The van der Waals surface area contributed by atoms with Gasteiger partial charge in [-0.3, -0.25) is 9.48 Å². The summed E-state index contributed by atoms with van der Waals surface area (Å²) >= 11 is 0. The highest BCUT2D eigenvalue weighted by molar-refractivity contribution is 5.89. The van der Waals surface area contributed by atoms with Gasteiger partial charge in [0.05, 0.1) is 16.6 Å². The lowest BCUT2D eigenvalue weighted by Crippen LogP contribution is -2.05. The van der Waals surface area contributed by atoms with E-state index >= 15 is 0 Å². The Hall–Kier alpha value is -3.22. The van der Waals surface area contributed by atoms with E-state index in [9.17, 15) is 14.3 Å². The Kier molecular flexibility index (Phi) is 2.71. The molecule has 1 aromatic carbocycles. The van der Waals surface area contributed by atoms with Gasteiger partial charge in [0.2, 0.25) is 0 Å². The van der Waals surface area contributed by atoms with E-state index in [1.807, 2.05) is 0 Å². The summed E-state index contributed by atoms with van der Waals surface area (Å²) in [6.45, 7) is 0. The van der Waals surface area contributed by atoms with E-state index in [-0.39, 0.29) is 16.6 Å². The number of aromatic nitrogens is 4. The van der Waals surface area contributed by atoms with Gasteiger partial charge < -0.3 is 10.1 Å². The molecular weight excluding hydrogens is 299 g/mol. The van der Waals surface area contributed by atoms with Gasteiger partial charge in [-0.2, -0.15) is 5.10 Å². The Balaban J connectivity index is 2.02. The van der Waals surface area contributed by atoms with Crippen molar-refractivity contribution in [3.05, 3.63) is 52.8 Å². The van der Waals surface area contributed by atoms with Crippen molar-refractivity contribution in [2.45, 2.75) is 0 Å². The SMILES string of the molecule is Cn1cc2cc(-c3ccc4c(=O)[nH]ccc4n3)c(O)c(F)c2n1. The number of aromatic amines is 1. The minimum Gasteiger partial charge on any atom is -0.504 e. The predicted octanol–water partition coefficient (Wildman–Crippen LogP) is 2.32. The van der Waals surface area contributed by atoms with Crippen LogP contribution in [0.3, 0.4) is 0 Å². The van der Waals surface area contributed by atoms with Crippen LogP contribution in [-0.2, 0) is 7.05 Å². The van der Waals surface area contributed by atoms with E-state index in [1.54, 1.807) is 37.5 Å². The number of pyridine rings is 2. The number of benzene rings is 1. The molecular formula is C16H11FN4O2. The molecule has 2 N–H and O–H groups in total. The first-order valence-corrected chi connectivity index (χ1v) is 6.88. The second-order valence-corrected chi connectivity index (χ2v) is 5.26. The van der Waals surface area contributed by atoms with Gasteiger partial charge in [0, 0.05) is 30.4 Å². The number of halogens is 1. The highest BCUT2D eigenvalue weighted by Gasteiger charge is 2.17. The van der Waals surface area contributed by atoms with Crippen molar-refractivity contribution in [1.29, 1.82) is 0 Å². The molecule has 0 amide bonds. The number of nitrogens with zero attached hydrogens (tertiary/aromatic N) is 3. The molecule has 23 heavy (non-hydrogen) atoms. The first kappa shape index (κ1) is 13.4. The third-order valence-electron chi connectivity index (χ3n) is 3.73. The Morgan fingerprint density at radius 2 is 2.13 bits per heavy atom. The van der Waals surface area contributed by atoms with Crippen LogP contribution in [0.4, 0.5) is 4.39 Å². The monoisotopic (exact) mass is 310 g/mol. The van der Waals surface area contributed by atoms with Gasteiger partial charge in [-0.25, -0.2) is 9.37 Å². The summed E-state index contributed by atoms with van der Waals surface area (Å²) in [4.78, 5) is 18.6. The molecule has 0 bridgehead atoms. The van der Waals surface area contributed by atoms with Crippen LogP contribution < -0.4 is 5.56 Å². The van der Waals surface area contributed by atoms with Crippen LogP contribution in [0.5, 0.6) is 5.75 Å². The Morgan fingerprint density at radius 1 is 1.30 bits per heavy atom. The molecule has 0 aliphatic heterocycles. The van der Waals surface area contributed by atoms with Crippen LogP contribution >= 0.6 is 0 Å². The molecule has 0 radical (unpaired) electrons. The molecule has 3 aromatic heterocycles. The maximum atomic E-state index is 14.3. The maximum absolute atomic E-state index is 14.3. The lowest BCUT2D eigenvalue weighted by Gasteiger charge is -2.06. The van der Waals surface area contributed by atoms with Gasteiger partial charge in [0.15, 0.2) is 11.6 Å². The fourth-order valence-electron chi connectivity index (χ4n) is 2.65. The van der Waals surface area contributed by atoms with Gasteiger partial charge in [-0.15, -0.1) is 0 Å². The predicted molar refractivity (Wildman–Crippen MR) is 83.7 cm³/mol. The first-order chi connectivity index (χ1) is 11.0. The van der Waals surface area contributed by atoms with Gasteiger partial charge in [-0.05, 0) is 24.3 Å². The van der Waals surface area contributed by atoms with Crippen LogP contribution in [0, 0.1) is 5.82 Å². The summed E-state index contributed by atoms with van der Waals surface area (Å²) in [6.07, 6.45) is 3.15. The minimum atomic E-state index is -0.786. The highest BCUT2D eigenvalue weighted by atomic mass is 19.1. The number of phenolic OH excluding ortho intramolecular Hbond substituents is 1. The lowest BCUT2D eigenvalue weighted by molar-refractivity contribution is 0.437. The summed E-state index contributed by atoms with van der Waals surface area (Å²) in [5.41, 5.74) is 0.957. The van der Waals surface area contributed by atoms with Gasteiger partial charge in [0.25, 0.3) is 5.56 Å². The molecule has 6 nitrogen and oxygen atoms in total. The van der Waals surface area contributed by atoms with E-state index in [1.165, 1.54) is 10.9 Å². The molecule has 0 unspecified atom stereocenters. The number of phenols is 1. The third kappa shape index (κ3) is 1.97. The molecule has 4 rings (SSSR count). The van der Waals surface area contributed by atoms with E-state index in [2.05, 4.69) is 15.1 Å². The summed E-state index contributed by atoms with van der Waals surface area (Å²) in [5, 5.41) is 15.1. The van der Waals surface area contributed by atoms with Crippen LogP contribution in [-0.4, -0.2) is 24.9 Å². The average Bonchev–Trinajstić information content (AvgIpc) is 2.91. The van der Waals surface area contributed by atoms with Gasteiger partial charge in [-0.1, -0.05) is 0 Å². The van der Waals surface area contributed by atoms with Crippen LogP contribution in [0.25, 0.3) is 33.1 Å². The van der Waals surface area contributed by atoms with Crippen molar-refractivity contribution >= 4 is 21.8 Å². The smallest absolute Gasteiger partial charge is 0.257 e. The zero-order valence-electron chi connectivity index (χ0n) is 12.0. The number of hydrogen-bond donors (Lipinski definition) is 2. The molecule has 4 aromatic rings. The summed E-state index contributed by atoms with van der Waals surface area (Å²) in [6, 6.07) is 6.45. The molecule has 114 valence electrons. The topological polar surface area (TPSA) is 83.8 Å². The second-order valence-electron chi connectivity index (χ2n) is 5.26. The standard InChI is InChI=1S/C16H11FN4O2/c1-21-7-8-6-10(15(22)13(17)14(8)20-21)11-3-2-9-12(19-11)4-5-18-16(9)23/h2-7,22H,1H3,(H,18,23). The van der Waals surface area contributed by atoms with Crippen molar-refractivity contribution in [1.82, 2.24) is 19.7 Å². The Morgan fingerprint density at radius 3 is 2.96 bits per heavy atom. The molecule has 7 heteroatoms. The Bertz CT molecular complexity index is 1130. The minimum absolute atomic E-state index is 0.103. The average molecular weight is 310 g/mol. The molecule has 0 spiro atoms. The van der Waals surface area contributed by atoms with E-state index < -0.39 is 11.6 Å². The maximum Gasteiger partial charge on any atom is 0.257 e. The van der Waals surface area contributed by atoms with Crippen molar-refractivity contribution in [2.24, 2.45) is 7.05 Å². The summed E-state index contributed by atoms with van der Waals surface area (Å²) in [5.74, 6) is -1.29. The molecule has 0 aliphatic rings. The van der Waals surface area contributed by atoms with Crippen molar-refractivity contribution in [3.8, 4) is 17.0 Å². The van der Waals surface area contributed by atoms with Crippen molar-refractivity contribution in [3.63, 3.8) is 0 Å². The second kappa shape index (κ2) is 4.64. The number of fused-ring (bicyclic) bond motifs is 2. The fourth-order valence-corrected chi connectivity index (χ4v) is 2.65. The van der Waals surface area contributed by atoms with Crippen LogP contribution in [0.1, 0.15) is 0 Å². The molecule has 0 fully saturated rings. The van der Waals surface area contributed by atoms with Crippen molar-refractivity contribution in [2.75, 3.05) is 0 Å². The lowest BCUT2D eigenvalue weighted by atomic mass is 10.1. The highest BCUT2D eigenvalue weighted by Crippen LogP contribution is 2.35. The third-order valence-corrected chi connectivity index (χ3v) is 3.73. The number of hydrogen-bond acceptors (Lipinski definition) is 4. The van der Waals surface area contributed by atoms with Gasteiger partial charge >= 0.3 is 0 Å². The zero-order valence-corrected chi connectivity index (χ0v) is 12.0. The number of aromatic hydroxyl groups is 1. The normalized spacial score (nSPS) is 11.4. The van der Waals surface area contributed by atoms with Gasteiger partial charge in [0.1, 0.15) is 5.52 Å². The molecule has 0 saturated carbocycles. The zero-order chi connectivity index (χ0) is 16.1. The van der Waals surface area contributed by atoms with Crippen LogP contribution in [0.2, 0.25) is 0 Å². The van der Waals surface area contributed by atoms with E-state index in [0.717, 1.165) is 0 Å². The first-order valence-electron chi connectivity index (χ1n) is 6.88. The number of H-pyrrole nitrogens is 1. The molecule has 0 atom stereocenters. The number of rotatable bonds is 1. The molecule has 3 heterocycles. The Labute approximate surface area is 128 Å². The quantitative estimate of drug-likeness (QED) is 0.565. The molecule has 0 saturated heterocycles. The summed E-state index contributed by atoms with van der Waals surface area (Å²) < 4.78 is 15.8. The fraction of sp³-hybridized carbons (Fsp3) is 0.0625. The van der Waals surface area contributed by atoms with Crippen molar-refractivity contribution < 1.29 is 9.50 Å². The van der Waals surface area contributed by atoms with E-state index in [0.29, 0.717) is 22.0 Å². The molecule has 0 aliphatic carbocycles. The van der Waals surface area contributed by atoms with Crippen LogP contribution in [0.15, 0.2) is 41.5 Å². The summed E-state index contributed by atoms with van der Waals surface area (Å²) in [7, 11) is 1.68. The van der Waals surface area contributed by atoms with E-state index in [4.69, 9.17) is 0 Å². The number of aryl methyl sites for hydroxylation is 1.